The molecule has 1 aromatic rings. The molecule has 2 aliphatic carbocycles. The molecule has 3 nitrogen and oxygen atoms in total. The summed E-state index contributed by atoms with van der Waals surface area (Å²) in [6.07, 6.45) is 14.5. The minimum absolute atomic E-state index is 0.643. The van der Waals surface area contributed by atoms with Gasteiger partial charge in [0, 0.05) is 18.3 Å². The maximum absolute atomic E-state index is 4.67. The molecule has 2 fully saturated rings. The molecule has 0 aliphatic heterocycles. The number of nitrogens with one attached hydrogen (secondary N) is 1. The van der Waals surface area contributed by atoms with Gasteiger partial charge in [0.25, 0.3) is 0 Å². The Hall–Kier alpha value is -0.990. The number of rotatable bonds is 3. The van der Waals surface area contributed by atoms with Crippen LogP contribution in [0.4, 0.5) is 5.95 Å². The molecule has 1 aromatic heterocycles. The van der Waals surface area contributed by atoms with Crippen molar-refractivity contribution in [3.8, 4) is 0 Å². The van der Waals surface area contributed by atoms with Gasteiger partial charge in [-0.3, -0.25) is 0 Å². The number of hydrogen-bond acceptors (Lipinski definition) is 2. The van der Waals surface area contributed by atoms with Crippen LogP contribution in [0.5, 0.6) is 0 Å². The van der Waals surface area contributed by atoms with Gasteiger partial charge in [0.2, 0.25) is 5.95 Å². The average Bonchev–Trinajstić information content (AvgIpc) is 3.07. The second kappa shape index (κ2) is 5.33. The van der Waals surface area contributed by atoms with Gasteiger partial charge in [0.15, 0.2) is 0 Å². The lowest BCUT2D eigenvalue weighted by Crippen LogP contribution is -2.22. The maximum Gasteiger partial charge on any atom is 0.203 e. The summed E-state index contributed by atoms with van der Waals surface area (Å²) in [5, 5.41) is 3.71. The summed E-state index contributed by atoms with van der Waals surface area (Å²) < 4.78 is 2.37. The summed E-state index contributed by atoms with van der Waals surface area (Å²) in [6.45, 7) is 2.10. The molecule has 0 spiro atoms. The van der Waals surface area contributed by atoms with E-state index in [1.165, 1.54) is 57.8 Å². The number of aryl methyl sites for hydroxylation is 1. The first-order valence-corrected chi connectivity index (χ1v) is 7.65. The van der Waals surface area contributed by atoms with Crippen LogP contribution in [-0.4, -0.2) is 15.6 Å². The molecule has 1 heterocycles. The highest BCUT2D eigenvalue weighted by Crippen LogP contribution is 2.37. The van der Waals surface area contributed by atoms with Crippen molar-refractivity contribution in [2.45, 2.75) is 76.8 Å². The molecule has 0 atom stereocenters. The molecule has 0 aromatic carbocycles. The highest BCUT2D eigenvalue weighted by molar-refractivity contribution is 5.32. The Balaban J connectivity index is 1.66. The van der Waals surface area contributed by atoms with Gasteiger partial charge in [0.1, 0.15) is 0 Å². The normalized spacial score (nSPS) is 22.5. The third-order valence-electron chi connectivity index (χ3n) is 4.23. The molecule has 0 unspecified atom stereocenters. The lowest BCUT2D eigenvalue weighted by Gasteiger charge is -2.22. The first-order valence-electron chi connectivity index (χ1n) is 7.65. The smallest absolute Gasteiger partial charge is 0.203 e. The Bertz CT molecular complexity index is 384. The number of hydrogen-bond donors (Lipinski definition) is 1. The van der Waals surface area contributed by atoms with E-state index in [4.69, 9.17) is 0 Å². The molecule has 100 valence electrons. The van der Waals surface area contributed by atoms with Gasteiger partial charge in [-0.25, -0.2) is 4.98 Å². The predicted molar refractivity (Wildman–Crippen MR) is 75.0 cm³/mol. The van der Waals surface area contributed by atoms with E-state index in [2.05, 4.69) is 28.0 Å². The van der Waals surface area contributed by atoms with E-state index in [0.717, 1.165) is 17.7 Å². The van der Waals surface area contributed by atoms with Gasteiger partial charge >= 0.3 is 0 Å². The van der Waals surface area contributed by atoms with E-state index in [1.807, 2.05) is 0 Å². The third kappa shape index (κ3) is 2.88. The molecule has 0 saturated heterocycles. The Morgan fingerprint density at radius 2 is 1.72 bits per heavy atom. The van der Waals surface area contributed by atoms with Crippen molar-refractivity contribution < 1.29 is 0 Å². The molecule has 1 N–H and O–H groups in total. The fourth-order valence-electron chi connectivity index (χ4n) is 3.04. The quantitative estimate of drug-likeness (QED) is 0.873. The van der Waals surface area contributed by atoms with Crippen LogP contribution < -0.4 is 5.32 Å². The highest BCUT2D eigenvalue weighted by atomic mass is 15.2. The van der Waals surface area contributed by atoms with Gasteiger partial charge in [-0.15, -0.1) is 0 Å². The van der Waals surface area contributed by atoms with Gasteiger partial charge < -0.3 is 9.88 Å². The van der Waals surface area contributed by atoms with Crippen molar-refractivity contribution in [1.82, 2.24) is 9.55 Å². The van der Waals surface area contributed by atoms with E-state index < -0.39 is 0 Å². The highest BCUT2D eigenvalue weighted by Gasteiger charge is 2.27. The van der Waals surface area contributed by atoms with Crippen LogP contribution in [-0.2, 0) is 0 Å². The first-order chi connectivity index (χ1) is 8.83. The Labute approximate surface area is 110 Å². The molecule has 0 radical (unpaired) electrons. The topological polar surface area (TPSA) is 29.9 Å². The molecule has 3 rings (SSSR count). The van der Waals surface area contributed by atoms with Crippen molar-refractivity contribution in [3.63, 3.8) is 0 Å². The second-order valence-electron chi connectivity index (χ2n) is 6.03. The van der Waals surface area contributed by atoms with Crippen LogP contribution >= 0.6 is 0 Å². The molecule has 2 saturated carbocycles. The molecule has 18 heavy (non-hydrogen) atoms. The first kappa shape index (κ1) is 12.1. The fraction of sp³-hybridized carbons (Fsp3) is 0.800. The maximum atomic E-state index is 4.67. The summed E-state index contributed by atoms with van der Waals surface area (Å²) >= 11 is 0. The zero-order valence-electron chi connectivity index (χ0n) is 11.5. The SMILES string of the molecule is Cc1cn(C2CC2)c(NC2CCCCCCC2)n1. The minimum Gasteiger partial charge on any atom is -0.353 e. The summed E-state index contributed by atoms with van der Waals surface area (Å²) in [6, 6.07) is 1.37. The van der Waals surface area contributed by atoms with Crippen LogP contribution in [0.1, 0.15) is 69.5 Å². The van der Waals surface area contributed by atoms with Crippen LogP contribution in [0.15, 0.2) is 6.20 Å². The number of nitrogens with zero attached hydrogens (tertiary/aromatic N) is 2. The van der Waals surface area contributed by atoms with Crippen LogP contribution in [0, 0.1) is 6.92 Å². The summed E-state index contributed by atoms with van der Waals surface area (Å²) in [5.41, 5.74) is 1.15. The molecule has 0 amide bonds. The summed E-state index contributed by atoms with van der Waals surface area (Å²) in [5.74, 6) is 1.13. The zero-order chi connectivity index (χ0) is 12.4. The fourth-order valence-corrected chi connectivity index (χ4v) is 3.04. The lowest BCUT2D eigenvalue weighted by molar-refractivity contribution is 0.468. The lowest BCUT2D eigenvalue weighted by atomic mass is 9.97. The van der Waals surface area contributed by atoms with Gasteiger partial charge in [-0.2, -0.15) is 0 Å². The Kier molecular flexibility index (Phi) is 3.57. The van der Waals surface area contributed by atoms with Crippen molar-refractivity contribution in [2.75, 3.05) is 5.32 Å². The van der Waals surface area contributed by atoms with Crippen molar-refractivity contribution in [2.24, 2.45) is 0 Å². The monoisotopic (exact) mass is 247 g/mol. The summed E-state index contributed by atoms with van der Waals surface area (Å²) in [7, 11) is 0. The number of imidazole rings is 1. The predicted octanol–water partition coefficient (Wildman–Crippen LogP) is 4.05. The minimum atomic E-state index is 0.643. The van der Waals surface area contributed by atoms with Crippen LogP contribution in [0.3, 0.4) is 0 Å². The summed E-state index contributed by atoms with van der Waals surface area (Å²) in [4.78, 5) is 4.67. The average molecular weight is 247 g/mol. The van der Waals surface area contributed by atoms with E-state index in [0.29, 0.717) is 6.04 Å². The Morgan fingerprint density at radius 3 is 2.39 bits per heavy atom. The molecule has 3 heteroatoms. The van der Waals surface area contributed by atoms with Crippen molar-refractivity contribution in [1.29, 1.82) is 0 Å². The van der Waals surface area contributed by atoms with E-state index in [1.54, 1.807) is 0 Å². The largest absolute Gasteiger partial charge is 0.353 e. The number of anilines is 1. The third-order valence-corrected chi connectivity index (χ3v) is 4.23. The van der Waals surface area contributed by atoms with Crippen molar-refractivity contribution >= 4 is 5.95 Å². The van der Waals surface area contributed by atoms with Crippen molar-refractivity contribution in [3.05, 3.63) is 11.9 Å². The van der Waals surface area contributed by atoms with Gasteiger partial charge in [-0.1, -0.05) is 32.1 Å². The van der Waals surface area contributed by atoms with Crippen LogP contribution in [0.2, 0.25) is 0 Å². The standard InChI is InChI=1S/C15H25N3/c1-12-11-18(14-9-10-14)15(16-12)17-13-7-5-3-2-4-6-8-13/h11,13-14H,2-10H2,1H3,(H,16,17). The number of aromatic nitrogens is 2. The molecule has 2 aliphatic rings. The molecule has 0 bridgehead atoms. The van der Waals surface area contributed by atoms with E-state index in [-0.39, 0.29) is 0 Å². The van der Waals surface area contributed by atoms with Gasteiger partial charge in [-0.05, 0) is 32.6 Å². The van der Waals surface area contributed by atoms with Gasteiger partial charge in [0.05, 0.1) is 5.69 Å². The van der Waals surface area contributed by atoms with Crippen LogP contribution in [0.25, 0.3) is 0 Å². The van der Waals surface area contributed by atoms with E-state index in [9.17, 15) is 0 Å². The van der Waals surface area contributed by atoms with E-state index >= 15 is 0 Å². The Morgan fingerprint density at radius 1 is 1.06 bits per heavy atom. The zero-order valence-corrected chi connectivity index (χ0v) is 11.5. The molecular weight excluding hydrogens is 222 g/mol. The molecular formula is C15H25N3. The second-order valence-corrected chi connectivity index (χ2v) is 6.03.